The highest BCUT2D eigenvalue weighted by Crippen LogP contribution is 2.29. The summed E-state index contributed by atoms with van der Waals surface area (Å²) in [6, 6.07) is 17.7. The molecule has 9 nitrogen and oxygen atoms in total. The molecule has 3 aromatic rings. The Balaban J connectivity index is 1.54. The molecule has 0 saturated heterocycles. The maximum absolute atomic E-state index is 11.3. The summed E-state index contributed by atoms with van der Waals surface area (Å²) in [6.45, 7) is 4.10. The molecule has 10 heteroatoms. The molecule has 204 valence electrons. The predicted molar refractivity (Wildman–Crippen MR) is 144 cm³/mol. The molecule has 1 aromatic heterocycles. The zero-order valence-corrected chi connectivity index (χ0v) is 22.1. The van der Waals surface area contributed by atoms with E-state index in [-0.39, 0.29) is 5.75 Å². The molecule has 0 amide bonds. The number of hydrogen-bond acceptors (Lipinski definition) is 7. The molecule has 1 aliphatic rings. The number of rotatable bonds is 6. The third-order valence-electron chi connectivity index (χ3n) is 5.89. The topological polar surface area (TPSA) is 104 Å². The lowest BCUT2D eigenvalue weighted by Gasteiger charge is -2.13. The van der Waals surface area contributed by atoms with Crippen molar-refractivity contribution in [2.45, 2.75) is 13.0 Å². The average molecular weight is 545 g/mol. The van der Waals surface area contributed by atoms with Crippen molar-refractivity contribution < 1.29 is 41.2 Å². The number of ether oxygens (including phenoxy) is 5. The van der Waals surface area contributed by atoms with Crippen LogP contribution >= 0.6 is 0 Å². The van der Waals surface area contributed by atoms with E-state index in [9.17, 15) is 13.0 Å². The lowest BCUT2D eigenvalue weighted by Crippen LogP contribution is -2.38. The van der Waals surface area contributed by atoms with Gasteiger partial charge in [-0.3, -0.25) is 4.55 Å². The fourth-order valence-electron chi connectivity index (χ4n) is 4.08. The van der Waals surface area contributed by atoms with Crippen LogP contribution in [0.5, 0.6) is 11.5 Å². The van der Waals surface area contributed by atoms with E-state index >= 15 is 0 Å². The SMILES string of the molecule is O=S(=O)(O)CCC[n+]1c(C=Cc2ccc3c(c2)OCCOCCOCCOCCO3)ccc2ccccc21. The molecule has 0 saturated carbocycles. The van der Waals surface area contributed by atoms with Crippen LogP contribution in [0.4, 0.5) is 0 Å². The van der Waals surface area contributed by atoms with Crippen molar-refractivity contribution in [1.29, 1.82) is 0 Å². The number of benzene rings is 2. The largest absolute Gasteiger partial charge is 0.487 e. The third kappa shape index (κ3) is 8.78. The molecular weight excluding hydrogens is 510 g/mol. The smallest absolute Gasteiger partial charge is 0.265 e. The number of hydrogen-bond donors (Lipinski definition) is 1. The Hall–Kier alpha value is -3.02. The van der Waals surface area contributed by atoms with Crippen LogP contribution in [0.2, 0.25) is 0 Å². The van der Waals surface area contributed by atoms with Crippen molar-refractivity contribution in [2.75, 3.05) is 58.6 Å². The molecule has 0 unspecified atom stereocenters. The zero-order chi connectivity index (χ0) is 26.6. The van der Waals surface area contributed by atoms with Crippen molar-refractivity contribution in [2.24, 2.45) is 0 Å². The number of pyridine rings is 1. The van der Waals surface area contributed by atoms with Crippen molar-refractivity contribution in [3.05, 3.63) is 65.9 Å². The molecule has 0 aliphatic carbocycles. The Kier molecular flexibility index (Phi) is 10.5. The Labute approximate surface area is 223 Å². The van der Waals surface area contributed by atoms with Gasteiger partial charge in [-0.15, -0.1) is 0 Å². The van der Waals surface area contributed by atoms with Gasteiger partial charge in [0, 0.05) is 30.0 Å². The van der Waals surface area contributed by atoms with Gasteiger partial charge in [0.1, 0.15) is 13.2 Å². The molecule has 0 radical (unpaired) electrons. The van der Waals surface area contributed by atoms with Gasteiger partial charge in [0.25, 0.3) is 10.1 Å². The highest BCUT2D eigenvalue weighted by molar-refractivity contribution is 7.85. The van der Waals surface area contributed by atoms with E-state index < -0.39 is 10.1 Å². The predicted octanol–water partition coefficient (Wildman–Crippen LogP) is 3.40. The number of nitrogens with zero attached hydrogens (tertiary/aromatic N) is 1. The minimum atomic E-state index is -4.02. The van der Waals surface area contributed by atoms with Gasteiger partial charge in [-0.05, 0) is 35.9 Å². The van der Waals surface area contributed by atoms with E-state index in [1.165, 1.54) is 0 Å². The van der Waals surface area contributed by atoms with E-state index in [0.29, 0.717) is 77.3 Å². The van der Waals surface area contributed by atoms with E-state index in [2.05, 4.69) is 4.57 Å². The minimum Gasteiger partial charge on any atom is -0.487 e. The second-order valence-corrected chi connectivity index (χ2v) is 10.3. The van der Waals surface area contributed by atoms with Gasteiger partial charge >= 0.3 is 0 Å². The summed E-state index contributed by atoms with van der Waals surface area (Å²) >= 11 is 0. The summed E-state index contributed by atoms with van der Waals surface area (Å²) in [4.78, 5) is 0. The number of para-hydroxylation sites is 1. The van der Waals surface area contributed by atoms with Crippen LogP contribution in [0.25, 0.3) is 23.1 Å². The fraction of sp³-hybridized carbons (Fsp3) is 0.393. The molecule has 1 aliphatic heterocycles. The molecule has 2 aromatic carbocycles. The summed E-state index contributed by atoms with van der Waals surface area (Å²) in [5, 5.41) is 1.04. The normalized spacial score (nSPS) is 16.2. The van der Waals surface area contributed by atoms with Crippen molar-refractivity contribution in [3.8, 4) is 11.5 Å². The third-order valence-corrected chi connectivity index (χ3v) is 6.69. The minimum absolute atomic E-state index is 0.292. The molecule has 4 rings (SSSR count). The van der Waals surface area contributed by atoms with Gasteiger partial charge in [0.2, 0.25) is 11.2 Å². The van der Waals surface area contributed by atoms with Crippen LogP contribution in [0.1, 0.15) is 17.7 Å². The first-order valence-corrected chi connectivity index (χ1v) is 14.3. The van der Waals surface area contributed by atoms with Crippen LogP contribution in [0.3, 0.4) is 0 Å². The van der Waals surface area contributed by atoms with Crippen LogP contribution in [0, 0.1) is 0 Å². The first kappa shape index (κ1) is 28.0. The lowest BCUT2D eigenvalue weighted by molar-refractivity contribution is -0.673. The second-order valence-electron chi connectivity index (χ2n) is 8.68. The van der Waals surface area contributed by atoms with Gasteiger partial charge in [-0.2, -0.15) is 13.0 Å². The second kappa shape index (κ2) is 14.2. The first-order chi connectivity index (χ1) is 18.5. The summed E-state index contributed by atoms with van der Waals surface area (Å²) in [7, 11) is -4.02. The molecule has 38 heavy (non-hydrogen) atoms. The first-order valence-electron chi connectivity index (χ1n) is 12.7. The van der Waals surface area contributed by atoms with Crippen molar-refractivity contribution in [3.63, 3.8) is 0 Å². The zero-order valence-electron chi connectivity index (χ0n) is 21.3. The van der Waals surface area contributed by atoms with E-state index in [4.69, 9.17) is 23.7 Å². The number of fused-ring (bicyclic) bond motifs is 2. The molecule has 0 atom stereocenters. The number of aromatic nitrogens is 1. The summed E-state index contributed by atoms with van der Waals surface area (Å²) < 4.78 is 62.1. The van der Waals surface area contributed by atoms with Crippen LogP contribution < -0.4 is 14.0 Å². The van der Waals surface area contributed by atoms with Gasteiger partial charge in [-0.1, -0.05) is 18.2 Å². The molecule has 2 heterocycles. The van der Waals surface area contributed by atoms with Crippen molar-refractivity contribution in [1.82, 2.24) is 0 Å². The molecular formula is C28H34NO8S+. The van der Waals surface area contributed by atoms with Gasteiger partial charge < -0.3 is 23.7 Å². The molecule has 1 N–H and O–H groups in total. The standard InChI is InChI=1S/C28H33NO8S/c30-38(31,32)21-3-12-29-25(10-8-24-4-1-2-5-26(24)29)9-6-23-7-11-27-28(22-23)37-20-18-35-16-14-33-13-15-34-17-19-36-27/h1-2,4-11,22H,3,12-21H2/p+1. The van der Waals surface area contributed by atoms with Gasteiger partial charge in [0.05, 0.1) is 45.4 Å². The van der Waals surface area contributed by atoms with E-state index in [1.807, 2.05) is 66.7 Å². The van der Waals surface area contributed by atoms with Crippen molar-refractivity contribution >= 4 is 33.2 Å². The average Bonchev–Trinajstić information content (AvgIpc) is 2.91. The van der Waals surface area contributed by atoms with Gasteiger partial charge in [-0.25, -0.2) is 0 Å². The molecule has 0 spiro atoms. The number of aryl methyl sites for hydroxylation is 1. The molecule has 0 fully saturated rings. The van der Waals surface area contributed by atoms with Crippen LogP contribution in [-0.2, 0) is 30.9 Å². The Morgan fingerprint density at radius 3 is 2.13 bits per heavy atom. The molecule has 0 bridgehead atoms. The Morgan fingerprint density at radius 2 is 1.42 bits per heavy atom. The maximum atomic E-state index is 11.3. The van der Waals surface area contributed by atoms with E-state index in [1.54, 1.807) is 0 Å². The monoisotopic (exact) mass is 544 g/mol. The highest BCUT2D eigenvalue weighted by Gasteiger charge is 2.16. The van der Waals surface area contributed by atoms with Crippen LogP contribution in [-0.4, -0.2) is 71.6 Å². The quantitative estimate of drug-likeness (QED) is 0.372. The highest BCUT2D eigenvalue weighted by atomic mass is 32.2. The van der Waals surface area contributed by atoms with E-state index in [0.717, 1.165) is 22.2 Å². The lowest BCUT2D eigenvalue weighted by atomic mass is 10.1. The van der Waals surface area contributed by atoms with Crippen LogP contribution in [0.15, 0.2) is 54.6 Å². The van der Waals surface area contributed by atoms with Gasteiger partial charge in [0.15, 0.2) is 18.0 Å². The maximum Gasteiger partial charge on any atom is 0.265 e. The fourth-order valence-corrected chi connectivity index (χ4v) is 4.58. The Bertz CT molecular complexity index is 1330. The summed E-state index contributed by atoms with van der Waals surface area (Å²) in [6.07, 6.45) is 4.24. The Morgan fingerprint density at radius 1 is 0.763 bits per heavy atom. The summed E-state index contributed by atoms with van der Waals surface area (Å²) in [5.41, 5.74) is 2.79. The summed E-state index contributed by atoms with van der Waals surface area (Å²) in [5.74, 6) is 0.945.